The van der Waals surface area contributed by atoms with Gasteiger partial charge in [0, 0.05) is 0 Å². The molecule has 1 atom stereocenters. The summed E-state index contributed by atoms with van der Waals surface area (Å²) >= 11 is 0. The Labute approximate surface area is 164 Å². The largest absolute Gasteiger partial charge is 0.460 e. The number of benzene rings is 1. The second-order valence-electron chi connectivity index (χ2n) is 8.99. The molecule has 0 aliphatic heterocycles. The smallest absolute Gasteiger partial charge is 0.310 e. The van der Waals surface area contributed by atoms with Crippen LogP contribution in [-0.4, -0.2) is 25.7 Å². The van der Waals surface area contributed by atoms with Crippen molar-refractivity contribution in [1.29, 1.82) is 0 Å². The van der Waals surface area contributed by atoms with Gasteiger partial charge >= 0.3 is 5.97 Å². The minimum Gasteiger partial charge on any atom is -0.460 e. The maximum atomic E-state index is 13.2. The molecule has 0 heterocycles. The Morgan fingerprint density at radius 1 is 1.11 bits per heavy atom. The molecule has 1 unspecified atom stereocenters. The first-order valence-electron chi connectivity index (χ1n) is 10.0. The molecule has 0 N–H and O–H groups in total. The van der Waals surface area contributed by atoms with Gasteiger partial charge in [0.2, 0.25) is 0 Å². The van der Waals surface area contributed by atoms with E-state index in [1.54, 1.807) is 12.1 Å². The van der Waals surface area contributed by atoms with Crippen LogP contribution < -0.4 is 0 Å². The van der Waals surface area contributed by atoms with Crippen molar-refractivity contribution >= 4 is 15.8 Å². The molecule has 2 rings (SSSR count). The molecule has 0 radical (unpaired) electrons. The first kappa shape index (κ1) is 21.9. The maximum absolute atomic E-state index is 13.2. The lowest BCUT2D eigenvalue weighted by molar-refractivity contribution is -0.165. The van der Waals surface area contributed by atoms with Gasteiger partial charge in [0.1, 0.15) is 5.60 Å². The molecule has 1 aliphatic carbocycles. The van der Waals surface area contributed by atoms with Gasteiger partial charge in [0.05, 0.1) is 16.6 Å². The number of aryl methyl sites for hydroxylation is 1. The molecule has 5 heteroatoms. The Bertz CT molecular complexity index is 736. The summed E-state index contributed by atoms with van der Waals surface area (Å²) in [5, 5.41) is 0. The topological polar surface area (TPSA) is 60.4 Å². The Morgan fingerprint density at radius 2 is 1.67 bits per heavy atom. The number of hydrogen-bond acceptors (Lipinski definition) is 4. The molecule has 0 aromatic heterocycles. The van der Waals surface area contributed by atoms with Crippen LogP contribution in [0.4, 0.5) is 0 Å². The third kappa shape index (κ3) is 5.56. The molecule has 0 spiro atoms. The van der Waals surface area contributed by atoms with E-state index >= 15 is 0 Å². The van der Waals surface area contributed by atoms with Crippen LogP contribution in [0.15, 0.2) is 29.2 Å². The fraction of sp³-hybridized carbons (Fsp3) is 0.682. The average molecular weight is 395 g/mol. The van der Waals surface area contributed by atoms with Gasteiger partial charge < -0.3 is 4.74 Å². The lowest BCUT2D eigenvalue weighted by Gasteiger charge is -2.42. The molecule has 152 valence electrons. The van der Waals surface area contributed by atoms with Crippen LogP contribution in [0.5, 0.6) is 0 Å². The van der Waals surface area contributed by atoms with Crippen molar-refractivity contribution in [1.82, 2.24) is 0 Å². The summed E-state index contributed by atoms with van der Waals surface area (Å²) in [5.74, 6) is -0.635. The molecule has 1 aliphatic rings. The predicted molar refractivity (Wildman–Crippen MR) is 108 cm³/mol. The fourth-order valence-electron chi connectivity index (χ4n) is 4.28. The molecule has 4 nitrogen and oxygen atoms in total. The first-order chi connectivity index (χ1) is 12.5. The molecule has 1 saturated carbocycles. The lowest BCUT2D eigenvalue weighted by atomic mass is 9.66. The first-order valence-corrected chi connectivity index (χ1v) is 11.7. The normalized spacial score (nSPS) is 18.7. The van der Waals surface area contributed by atoms with E-state index in [4.69, 9.17) is 4.74 Å². The summed E-state index contributed by atoms with van der Waals surface area (Å²) in [6.45, 7) is 9.47. The Kier molecular flexibility index (Phi) is 6.77. The quantitative estimate of drug-likeness (QED) is 0.631. The Hall–Kier alpha value is -1.36. The van der Waals surface area contributed by atoms with Crippen molar-refractivity contribution in [2.75, 3.05) is 5.75 Å². The third-order valence-corrected chi connectivity index (χ3v) is 7.49. The molecule has 27 heavy (non-hydrogen) atoms. The summed E-state index contributed by atoms with van der Waals surface area (Å²) in [4.78, 5) is 13.3. The molecular weight excluding hydrogens is 360 g/mol. The SMILES string of the molecule is CCC(C(=O)OC(C)(C)C)C1(CS(=O)(=O)c2ccc(C)cc2)CCCCC1. The highest BCUT2D eigenvalue weighted by molar-refractivity contribution is 7.91. The zero-order valence-corrected chi connectivity index (χ0v) is 18.2. The highest BCUT2D eigenvalue weighted by Crippen LogP contribution is 2.46. The molecule has 1 fully saturated rings. The summed E-state index contributed by atoms with van der Waals surface area (Å²) in [7, 11) is -3.48. The van der Waals surface area contributed by atoms with Crippen LogP contribution in [0, 0.1) is 18.3 Å². The minimum atomic E-state index is -3.48. The van der Waals surface area contributed by atoms with E-state index in [2.05, 4.69) is 0 Å². The van der Waals surface area contributed by atoms with Gasteiger partial charge in [0.25, 0.3) is 0 Å². The van der Waals surface area contributed by atoms with E-state index in [1.807, 2.05) is 46.8 Å². The van der Waals surface area contributed by atoms with Gasteiger partial charge in [-0.3, -0.25) is 4.79 Å². The number of hydrogen-bond donors (Lipinski definition) is 0. The van der Waals surface area contributed by atoms with Crippen LogP contribution >= 0.6 is 0 Å². The Balaban J connectivity index is 2.37. The van der Waals surface area contributed by atoms with Gasteiger partial charge in [-0.2, -0.15) is 0 Å². The van der Waals surface area contributed by atoms with Crippen LogP contribution in [0.1, 0.15) is 71.8 Å². The Morgan fingerprint density at radius 3 is 2.15 bits per heavy atom. The third-order valence-electron chi connectivity index (χ3n) is 5.55. The number of esters is 1. The van der Waals surface area contributed by atoms with Crippen molar-refractivity contribution in [2.45, 2.75) is 83.6 Å². The summed E-state index contributed by atoms with van der Waals surface area (Å²) in [6.07, 6.45) is 5.13. The number of sulfone groups is 1. The average Bonchev–Trinajstić information content (AvgIpc) is 2.54. The van der Waals surface area contributed by atoms with E-state index in [0.29, 0.717) is 11.3 Å². The zero-order valence-electron chi connectivity index (χ0n) is 17.4. The van der Waals surface area contributed by atoms with Crippen LogP contribution in [0.25, 0.3) is 0 Å². The van der Waals surface area contributed by atoms with Gasteiger partial charge in [0.15, 0.2) is 9.84 Å². The van der Waals surface area contributed by atoms with Gasteiger partial charge in [-0.1, -0.05) is 43.9 Å². The monoisotopic (exact) mass is 394 g/mol. The second-order valence-corrected chi connectivity index (χ2v) is 11.0. The highest BCUT2D eigenvalue weighted by Gasteiger charge is 2.47. The van der Waals surface area contributed by atoms with E-state index in [0.717, 1.165) is 37.7 Å². The predicted octanol–water partition coefficient (Wildman–Crippen LogP) is 5.09. The molecule has 0 bridgehead atoms. The lowest BCUT2D eigenvalue weighted by Crippen LogP contribution is -2.45. The summed E-state index contributed by atoms with van der Waals surface area (Å²) < 4.78 is 32.1. The summed E-state index contributed by atoms with van der Waals surface area (Å²) in [6, 6.07) is 7.00. The van der Waals surface area contributed by atoms with Gasteiger partial charge in [-0.15, -0.1) is 0 Å². The van der Waals surface area contributed by atoms with Crippen molar-refractivity contribution < 1.29 is 17.9 Å². The fourth-order valence-corrected chi connectivity index (χ4v) is 6.24. The van der Waals surface area contributed by atoms with Crippen LogP contribution in [0.3, 0.4) is 0 Å². The number of ether oxygens (including phenoxy) is 1. The minimum absolute atomic E-state index is 0.0147. The second kappa shape index (κ2) is 8.34. The molecule has 1 aromatic rings. The highest BCUT2D eigenvalue weighted by atomic mass is 32.2. The zero-order chi connectivity index (χ0) is 20.3. The number of carbonyl (C=O) groups excluding carboxylic acids is 1. The summed E-state index contributed by atoms with van der Waals surface area (Å²) in [5.41, 5.74) is -0.0866. The number of carbonyl (C=O) groups is 1. The van der Waals surface area contributed by atoms with Crippen LogP contribution in [0.2, 0.25) is 0 Å². The maximum Gasteiger partial charge on any atom is 0.310 e. The van der Waals surface area contributed by atoms with E-state index in [9.17, 15) is 13.2 Å². The van der Waals surface area contributed by atoms with Gasteiger partial charge in [-0.05, 0) is 64.5 Å². The molecule has 1 aromatic carbocycles. The van der Waals surface area contributed by atoms with Gasteiger partial charge in [-0.25, -0.2) is 8.42 Å². The van der Waals surface area contributed by atoms with Crippen molar-refractivity contribution in [3.8, 4) is 0 Å². The van der Waals surface area contributed by atoms with Crippen molar-refractivity contribution in [2.24, 2.45) is 11.3 Å². The van der Waals surface area contributed by atoms with E-state index in [-0.39, 0.29) is 11.7 Å². The number of rotatable bonds is 6. The van der Waals surface area contributed by atoms with Crippen LogP contribution in [-0.2, 0) is 19.4 Å². The molecule has 0 amide bonds. The van der Waals surface area contributed by atoms with Crippen molar-refractivity contribution in [3.05, 3.63) is 29.8 Å². The molecule has 0 saturated heterocycles. The molecular formula is C22H34O4S. The van der Waals surface area contributed by atoms with E-state index in [1.165, 1.54) is 0 Å². The van der Waals surface area contributed by atoms with Crippen molar-refractivity contribution in [3.63, 3.8) is 0 Å². The van der Waals surface area contributed by atoms with E-state index < -0.39 is 26.8 Å². The standard InChI is InChI=1S/C22H34O4S/c1-6-19(20(23)26-21(3,4)5)22(14-8-7-9-15-22)16-27(24,25)18-12-10-17(2)11-13-18/h10-13,19H,6-9,14-16H2,1-5H3.